The number of non-ortho nitro benzene ring substituents is 1. The highest BCUT2D eigenvalue weighted by Crippen LogP contribution is 2.24. The normalized spacial score (nSPS) is 14.6. The van der Waals surface area contributed by atoms with Crippen LogP contribution in [0.1, 0.15) is 22.3 Å². The number of benzene rings is 2. The summed E-state index contributed by atoms with van der Waals surface area (Å²) in [5.41, 5.74) is 4.51. The molecule has 22 heavy (non-hydrogen) atoms. The Morgan fingerprint density at radius 1 is 1.09 bits per heavy atom. The van der Waals surface area contributed by atoms with E-state index in [-0.39, 0.29) is 17.2 Å². The maximum Gasteiger partial charge on any atom is 0.269 e. The third-order valence-corrected chi connectivity index (χ3v) is 4.10. The molecule has 2 aromatic rings. The van der Waals surface area contributed by atoms with E-state index >= 15 is 0 Å². The van der Waals surface area contributed by atoms with Gasteiger partial charge in [0.1, 0.15) is 0 Å². The fraction of sp³-hybridized carbons (Fsp3) is 0.294. The third kappa shape index (κ3) is 3.16. The fourth-order valence-corrected chi connectivity index (χ4v) is 2.86. The van der Waals surface area contributed by atoms with E-state index in [2.05, 4.69) is 4.90 Å². The summed E-state index contributed by atoms with van der Waals surface area (Å²) in [4.78, 5) is 12.8. The average molecular weight is 298 g/mol. The van der Waals surface area contributed by atoms with Crippen LogP contribution in [-0.2, 0) is 26.1 Å². The lowest BCUT2D eigenvalue weighted by atomic mass is 9.98. The van der Waals surface area contributed by atoms with E-state index in [1.807, 2.05) is 30.3 Å². The Morgan fingerprint density at radius 3 is 2.50 bits per heavy atom. The predicted octanol–water partition coefficient (Wildman–Crippen LogP) is 2.65. The maximum absolute atomic E-state index is 10.9. The topological polar surface area (TPSA) is 66.6 Å². The minimum absolute atomic E-state index is 0.0566. The van der Waals surface area contributed by atoms with Gasteiger partial charge in [0, 0.05) is 31.8 Å². The number of aliphatic hydroxyl groups is 1. The molecule has 0 aliphatic carbocycles. The summed E-state index contributed by atoms with van der Waals surface area (Å²) >= 11 is 0. The van der Waals surface area contributed by atoms with Crippen molar-refractivity contribution in [1.82, 2.24) is 4.90 Å². The molecule has 114 valence electrons. The van der Waals surface area contributed by atoms with Gasteiger partial charge >= 0.3 is 0 Å². The van der Waals surface area contributed by atoms with E-state index in [4.69, 9.17) is 5.11 Å². The molecule has 1 heterocycles. The van der Waals surface area contributed by atoms with Crippen LogP contribution in [-0.4, -0.2) is 21.5 Å². The van der Waals surface area contributed by atoms with Crippen LogP contribution in [0.4, 0.5) is 5.69 Å². The quantitative estimate of drug-likeness (QED) is 0.696. The molecule has 5 nitrogen and oxygen atoms in total. The molecule has 0 unspecified atom stereocenters. The van der Waals surface area contributed by atoms with Crippen LogP contribution in [0.25, 0.3) is 0 Å². The van der Waals surface area contributed by atoms with E-state index < -0.39 is 0 Å². The molecular formula is C17H18N2O3. The number of rotatable bonds is 4. The average Bonchev–Trinajstić information content (AvgIpc) is 2.55. The maximum atomic E-state index is 10.9. The molecule has 0 bridgehead atoms. The van der Waals surface area contributed by atoms with Gasteiger partial charge in [-0.15, -0.1) is 0 Å². The summed E-state index contributed by atoms with van der Waals surface area (Å²) in [5.74, 6) is 0. The van der Waals surface area contributed by atoms with Crippen LogP contribution in [0, 0.1) is 10.1 Å². The van der Waals surface area contributed by atoms with Gasteiger partial charge in [-0.25, -0.2) is 0 Å². The molecular weight excluding hydrogens is 280 g/mol. The van der Waals surface area contributed by atoms with Crippen LogP contribution < -0.4 is 0 Å². The van der Waals surface area contributed by atoms with Gasteiger partial charge in [0.15, 0.2) is 0 Å². The molecule has 0 aromatic heterocycles. The zero-order chi connectivity index (χ0) is 15.5. The minimum Gasteiger partial charge on any atom is -0.392 e. The summed E-state index contributed by atoms with van der Waals surface area (Å²) < 4.78 is 0. The summed E-state index contributed by atoms with van der Waals surface area (Å²) in [6, 6.07) is 13.1. The smallest absolute Gasteiger partial charge is 0.269 e. The second-order valence-electron chi connectivity index (χ2n) is 5.65. The minimum atomic E-state index is -0.340. The van der Waals surface area contributed by atoms with Crippen LogP contribution in [0.15, 0.2) is 42.5 Å². The van der Waals surface area contributed by atoms with E-state index in [0.717, 1.165) is 37.2 Å². The number of nitro benzene ring substituents is 1. The highest BCUT2D eigenvalue weighted by atomic mass is 16.6. The Morgan fingerprint density at radius 2 is 1.82 bits per heavy atom. The van der Waals surface area contributed by atoms with Crippen molar-refractivity contribution >= 4 is 5.69 Å². The first-order chi connectivity index (χ1) is 10.7. The summed E-state index contributed by atoms with van der Waals surface area (Å²) in [6.45, 7) is 2.56. The highest BCUT2D eigenvalue weighted by molar-refractivity contribution is 5.41. The second-order valence-corrected chi connectivity index (χ2v) is 5.65. The van der Waals surface area contributed by atoms with Gasteiger partial charge in [0.2, 0.25) is 0 Å². The molecule has 0 amide bonds. The van der Waals surface area contributed by atoms with Crippen LogP contribution in [0.3, 0.4) is 0 Å². The van der Waals surface area contributed by atoms with Crippen molar-refractivity contribution < 1.29 is 10.0 Å². The van der Waals surface area contributed by atoms with Gasteiger partial charge in [-0.3, -0.25) is 15.0 Å². The van der Waals surface area contributed by atoms with Crippen molar-refractivity contribution in [3.05, 3.63) is 74.8 Å². The first-order valence-corrected chi connectivity index (χ1v) is 7.33. The molecule has 1 aliphatic rings. The van der Waals surface area contributed by atoms with Crippen molar-refractivity contribution in [2.45, 2.75) is 26.1 Å². The molecule has 0 saturated heterocycles. The Kier molecular flexibility index (Phi) is 4.18. The molecule has 0 fully saturated rings. The van der Waals surface area contributed by atoms with Gasteiger partial charge in [-0.2, -0.15) is 0 Å². The van der Waals surface area contributed by atoms with Crippen molar-refractivity contribution in [2.24, 2.45) is 0 Å². The van der Waals surface area contributed by atoms with Gasteiger partial charge in [-0.1, -0.05) is 30.3 Å². The Balaban J connectivity index is 1.72. The van der Waals surface area contributed by atoms with Crippen molar-refractivity contribution in [1.29, 1.82) is 0 Å². The van der Waals surface area contributed by atoms with Crippen LogP contribution in [0.2, 0.25) is 0 Å². The van der Waals surface area contributed by atoms with E-state index in [1.54, 1.807) is 12.1 Å². The SMILES string of the molecule is O=[N+]([O-])c1ccc2c(c1)CN(Cc1ccc(CO)cc1)CC2. The lowest BCUT2D eigenvalue weighted by Gasteiger charge is -2.28. The van der Waals surface area contributed by atoms with E-state index in [1.165, 1.54) is 11.1 Å². The first-order valence-electron chi connectivity index (χ1n) is 7.33. The number of fused-ring (bicyclic) bond motifs is 1. The number of nitro groups is 1. The standard InChI is InChI=1S/C17H18N2O3/c20-12-14-3-1-13(2-4-14)10-18-8-7-15-5-6-17(19(21)22)9-16(15)11-18/h1-6,9,20H,7-8,10-12H2. The number of hydrogen-bond donors (Lipinski definition) is 1. The van der Waals surface area contributed by atoms with Gasteiger partial charge in [0.05, 0.1) is 11.5 Å². The Labute approximate surface area is 129 Å². The Bertz CT molecular complexity index is 683. The van der Waals surface area contributed by atoms with Gasteiger partial charge < -0.3 is 5.11 Å². The molecule has 0 atom stereocenters. The third-order valence-electron chi connectivity index (χ3n) is 4.10. The van der Waals surface area contributed by atoms with Crippen molar-refractivity contribution in [3.63, 3.8) is 0 Å². The first kappa shape index (κ1) is 14.7. The lowest BCUT2D eigenvalue weighted by Crippen LogP contribution is -2.30. The zero-order valence-corrected chi connectivity index (χ0v) is 12.2. The predicted molar refractivity (Wildman–Crippen MR) is 83.3 cm³/mol. The highest BCUT2D eigenvalue weighted by Gasteiger charge is 2.19. The molecule has 0 spiro atoms. The van der Waals surface area contributed by atoms with Crippen LogP contribution >= 0.6 is 0 Å². The van der Waals surface area contributed by atoms with Gasteiger partial charge in [0.25, 0.3) is 5.69 Å². The second kappa shape index (κ2) is 6.25. The number of nitrogens with zero attached hydrogens (tertiary/aromatic N) is 2. The van der Waals surface area contributed by atoms with E-state index in [9.17, 15) is 10.1 Å². The fourth-order valence-electron chi connectivity index (χ4n) is 2.86. The monoisotopic (exact) mass is 298 g/mol. The van der Waals surface area contributed by atoms with E-state index in [0.29, 0.717) is 0 Å². The molecule has 5 heteroatoms. The number of hydrogen-bond acceptors (Lipinski definition) is 4. The lowest BCUT2D eigenvalue weighted by molar-refractivity contribution is -0.385. The summed E-state index contributed by atoms with van der Waals surface area (Å²) in [6.07, 6.45) is 0.919. The van der Waals surface area contributed by atoms with Gasteiger partial charge in [-0.05, 0) is 28.7 Å². The summed E-state index contributed by atoms with van der Waals surface area (Å²) in [5, 5.41) is 20.0. The number of aliphatic hydroxyl groups excluding tert-OH is 1. The molecule has 0 saturated carbocycles. The van der Waals surface area contributed by atoms with Crippen molar-refractivity contribution in [2.75, 3.05) is 6.54 Å². The molecule has 0 radical (unpaired) electrons. The largest absolute Gasteiger partial charge is 0.392 e. The van der Waals surface area contributed by atoms with Crippen LogP contribution in [0.5, 0.6) is 0 Å². The molecule has 1 N–H and O–H groups in total. The molecule has 2 aromatic carbocycles. The molecule has 1 aliphatic heterocycles. The van der Waals surface area contributed by atoms with Crippen molar-refractivity contribution in [3.8, 4) is 0 Å². The molecule has 3 rings (SSSR count). The Hall–Kier alpha value is -2.24. The zero-order valence-electron chi connectivity index (χ0n) is 12.2. The summed E-state index contributed by atoms with van der Waals surface area (Å²) in [7, 11) is 0.